The average Bonchev–Trinajstić information content (AvgIpc) is 3.36. The summed E-state index contributed by atoms with van der Waals surface area (Å²) < 4.78 is 4.83. The molecule has 2 aliphatic rings. The van der Waals surface area contributed by atoms with E-state index in [0.29, 0.717) is 25.4 Å². The van der Waals surface area contributed by atoms with Crippen molar-refractivity contribution in [1.29, 1.82) is 0 Å². The van der Waals surface area contributed by atoms with E-state index >= 15 is 0 Å². The van der Waals surface area contributed by atoms with Gasteiger partial charge < -0.3 is 9.64 Å². The molecule has 1 amide bonds. The molecule has 0 aromatic heterocycles. The third-order valence-corrected chi connectivity index (χ3v) is 4.42. The second kappa shape index (κ2) is 5.17. The molecule has 2 fully saturated rings. The van der Waals surface area contributed by atoms with Crippen molar-refractivity contribution in [2.75, 3.05) is 7.11 Å². The zero-order valence-corrected chi connectivity index (χ0v) is 12.6. The van der Waals surface area contributed by atoms with Gasteiger partial charge in [-0.3, -0.25) is 9.59 Å². The molecule has 0 heterocycles. The number of aryl methyl sites for hydroxylation is 1. The molecule has 4 heteroatoms. The van der Waals surface area contributed by atoms with Gasteiger partial charge in [0.05, 0.1) is 7.11 Å². The summed E-state index contributed by atoms with van der Waals surface area (Å²) in [6.45, 7) is 2.63. The van der Waals surface area contributed by atoms with Crippen LogP contribution in [-0.2, 0) is 20.9 Å². The van der Waals surface area contributed by atoms with Gasteiger partial charge in [0.2, 0.25) is 5.91 Å². The van der Waals surface area contributed by atoms with Crippen LogP contribution in [0.5, 0.6) is 0 Å². The van der Waals surface area contributed by atoms with Crippen molar-refractivity contribution in [2.24, 2.45) is 5.41 Å². The Hall–Kier alpha value is -1.84. The van der Waals surface area contributed by atoms with Gasteiger partial charge >= 0.3 is 5.97 Å². The second-order valence-corrected chi connectivity index (χ2v) is 6.23. The molecule has 0 atom stereocenters. The fraction of sp³-hybridized carbons (Fsp3) is 0.529. The Morgan fingerprint density at radius 2 is 2.05 bits per heavy atom. The van der Waals surface area contributed by atoms with Gasteiger partial charge in [-0.15, -0.1) is 0 Å². The molecule has 0 radical (unpaired) electrons. The minimum absolute atomic E-state index is 0.0432. The third-order valence-electron chi connectivity index (χ3n) is 4.42. The van der Waals surface area contributed by atoms with Crippen molar-refractivity contribution in [3.8, 4) is 0 Å². The maximum absolute atomic E-state index is 12.8. The smallest absolute Gasteiger partial charge is 0.321 e. The molecule has 4 nitrogen and oxygen atoms in total. The van der Waals surface area contributed by atoms with Crippen molar-refractivity contribution in [3.63, 3.8) is 0 Å². The SMILES string of the molecule is COC(=O)C1(C(=O)N(Cc2cccc(C)c2)C2CC2)CC1. The zero-order valence-electron chi connectivity index (χ0n) is 12.6. The Morgan fingerprint density at radius 3 is 2.57 bits per heavy atom. The third kappa shape index (κ3) is 2.67. The summed E-state index contributed by atoms with van der Waals surface area (Å²) in [7, 11) is 1.36. The highest BCUT2D eigenvalue weighted by atomic mass is 16.5. The Morgan fingerprint density at radius 1 is 1.33 bits per heavy atom. The molecule has 0 saturated heterocycles. The summed E-state index contributed by atoms with van der Waals surface area (Å²) in [5.74, 6) is -0.416. The highest BCUT2D eigenvalue weighted by molar-refractivity contribution is 6.05. The first-order valence-electron chi connectivity index (χ1n) is 7.52. The van der Waals surface area contributed by atoms with Crippen LogP contribution in [0.2, 0.25) is 0 Å². The van der Waals surface area contributed by atoms with E-state index in [-0.39, 0.29) is 11.9 Å². The molecule has 2 aliphatic carbocycles. The van der Waals surface area contributed by atoms with Crippen molar-refractivity contribution >= 4 is 11.9 Å². The van der Waals surface area contributed by atoms with E-state index in [0.717, 1.165) is 18.4 Å². The molecule has 0 spiro atoms. The van der Waals surface area contributed by atoms with E-state index in [2.05, 4.69) is 6.07 Å². The van der Waals surface area contributed by atoms with Crippen LogP contribution in [0.1, 0.15) is 36.8 Å². The predicted molar refractivity (Wildman–Crippen MR) is 78.4 cm³/mol. The Bertz CT molecular complexity index is 573. The van der Waals surface area contributed by atoms with E-state index in [1.807, 2.05) is 30.0 Å². The summed E-state index contributed by atoms with van der Waals surface area (Å²) in [6, 6.07) is 8.48. The van der Waals surface area contributed by atoms with Gasteiger partial charge in [-0.2, -0.15) is 0 Å². The van der Waals surface area contributed by atoms with Gasteiger partial charge in [0.1, 0.15) is 5.41 Å². The number of ether oxygens (including phenoxy) is 1. The summed E-state index contributed by atoms with van der Waals surface area (Å²) in [5, 5.41) is 0. The molecule has 2 saturated carbocycles. The van der Waals surface area contributed by atoms with Gasteiger partial charge in [0.25, 0.3) is 0 Å². The fourth-order valence-corrected chi connectivity index (χ4v) is 2.86. The molecule has 1 aromatic carbocycles. The number of esters is 1. The van der Waals surface area contributed by atoms with E-state index in [1.165, 1.54) is 12.7 Å². The van der Waals surface area contributed by atoms with Crippen molar-refractivity contribution in [1.82, 2.24) is 4.90 Å². The normalized spacial score (nSPS) is 19.0. The maximum atomic E-state index is 12.8. The summed E-state index contributed by atoms with van der Waals surface area (Å²) in [4.78, 5) is 26.6. The minimum atomic E-state index is -0.888. The molecule has 112 valence electrons. The molecule has 1 aromatic rings. The van der Waals surface area contributed by atoms with Gasteiger partial charge in [-0.05, 0) is 38.2 Å². The lowest BCUT2D eigenvalue weighted by Crippen LogP contribution is -2.42. The van der Waals surface area contributed by atoms with Crippen molar-refractivity contribution < 1.29 is 14.3 Å². The maximum Gasteiger partial charge on any atom is 0.321 e. The van der Waals surface area contributed by atoms with Gasteiger partial charge in [-0.1, -0.05) is 29.8 Å². The fourth-order valence-electron chi connectivity index (χ4n) is 2.86. The lowest BCUT2D eigenvalue weighted by molar-refractivity contribution is -0.156. The van der Waals surface area contributed by atoms with Gasteiger partial charge in [0, 0.05) is 12.6 Å². The highest BCUT2D eigenvalue weighted by Crippen LogP contribution is 2.50. The first-order valence-corrected chi connectivity index (χ1v) is 7.52. The molecular weight excluding hydrogens is 266 g/mol. The van der Waals surface area contributed by atoms with Crippen LogP contribution in [0.15, 0.2) is 24.3 Å². The molecule has 21 heavy (non-hydrogen) atoms. The predicted octanol–water partition coefficient (Wildman–Crippen LogP) is 2.44. The van der Waals surface area contributed by atoms with Crippen molar-refractivity contribution in [2.45, 2.75) is 45.2 Å². The quantitative estimate of drug-likeness (QED) is 0.617. The number of hydrogen-bond acceptors (Lipinski definition) is 3. The number of rotatable bonds is 5. The van der Waals surface area contributed by atoms with Gasteiger partial charge in [0.15, 0.2) is 0 Å². The monoisotopic (exact) mass is 287 g/mol. The van der Waals surface area contributed by atoms with Crippen LogP contribution < -0.4 is 0 Å². The van der Waals surface area contributed by atoms with Crippen LogP contribution in [-0.4, -0.2) is 29.9 Å². The van der Waals surface area contributed by atoms with Crippen LogP contribution in [0, 0.1) is 12.3 Å². The van der Waals surface area contributed by atoms with Crippen LogP contribution in [0.25, 0.3) is 0 Å². The number of hydrogen-bond donors (Lipinski definition) is 0. The van der Waals surface area contributed by atoms with Crippen LogP contribution in [0.4, 0.5) is 0 Å². The lowest BCUT2D eigenvalue weighted by atomic mass is 10.0. The second-order valence-electron chi connectivity index (χ2n) is 6.23. The summed E-state index contributed by atoms with van der Waals surface area (Å²) >= 11 is 0. The number of amides is 1. The van der Waals surface area contributed by atoms with E-state index in [4.69, 9.17) is 4.74 Å². The number of nitrogens with zero attached hydrogens (tertiary/aromatic N) is 1. The largest absolute Gasteiger partial charge is 0.468 e. The Balaban J connectivity index is 1.79. The highest BCUT2D eigenvalue weighted by Gasteiger charge is 2.60. The lowest BCUT2D eigenvalue weighted by Gasteiger charge is -2.26. The zero-order chi connectivity index (χ0) is 15.0. The van der Waals surface area contributed by atoms with Crippen LogP contribution in [0.3, 0.4) is 0 Å². The van der Waals surface area contributed by atoms with E-state index in [9.17, 15) is 9.59 Å². The van der Waals surface area contributed by atoms with E-state index in [1.54, 1.807) is 0 Å². The molecule has 3 rings (SSSR count). The first-order chi connectivity index (χ1) is 10.1. The van der Waals surface area contributed by atoms with Gasteiger partial charge in [-0.25, -0.2) is 0 Å². The molecule has 0 aliphatic heterocycles. The Kier molecular flexibility index (Phi) is 3.47. The topological polar surface area (TPSA) is 46.6 Å². The molecule has 0 unspecified atom stereocenters. The molecule has 0 bridgehead atoms. The van der Waals surface area contributed by atoms with Crippen LogP contribution >= 0.6 is 0 Å². The summed E-state index contributed by atoms with van der Waals surface area (Å²) in [6.07, 6.45) is 3.31. The van der Waals surface area contributed by atoms with Crippen molar-refractivity contribution in [3.05, 3.63) is 35.4 Å². The number of carbonyl (C=O) groups excluding carboxylic acids is 2. The first kappa shape index (κ1) is 14.1. The minimum Gasteiger partial charge on any atom is -0.468 e. The molecular formula is C17H21NO3. The Labute approximate surface area is 125 Å². The number of carbonyl (C=O) groups is 2. The number of methoxy groups -OCH3 is 1. The number of benzene rings is 1. The van der Waals surface area contributed by atoms with E-state index < -0.39 is 5.41 Å². The average molecular weight is 287 g/mol. The standard InChI is InChI=1S/C17H21NO3/c1-12-4-3-5-13(10-12)11-18(14-6-7-14)15(19)17(8-9-17)16(20)21-2/h3-5,10,14H,6-9,11H2,1-2H3. The molecule has 0 N–H and O–H groups in total. The summed E-state index contributed by atoms with van der Waals surface area (Å²) in [5.41, 5.74) is 1.42.